The average Bonchev–Trinajstić information content (AvgIpc) is 3.19. The zero-order chi connectivity index (χ0) is 16.2. The molecule has 122 valence electrons. The second kappa shape index (κ2) is 4.94. The summed E-state index contributed by atoms with van der Waals surface area (Å²) in [6, 6.07) is 0. The van der Waals surface area contributed by atoms with Crippen LogP contribution in [0.5, 0.6) is 0 Å². The zero-order valence-electron chi connectivity index (χ0n) is 13.9. The summed E-state index contributed by atoms with van der Waals surface area (Å²) in [5.41, 5.74) is 3.61. The number of fused-ring (bicyclic) bond motifs is 2. The van der Waals surface area contributed by atoms with Gasteiger partial charge >= 0.3 is 0 Å². The highest BCUT2D eigenvalue weighted by Crippen LogP contribution is 2.29. The second-order valence-corrected chi connectivity index (χ2v) is 7.50. The van der Waals surface area contributed by atoms with E-state index in [4.69, 9.17) is 4.42 Å². The maximum absolute atomic E-state index is 12.8. The maximum atomic E-state index is 12.8. The van der Waals surface area contributed by atoms with Gasteiger partial charge in [-0.2, -0.15) is 5.10 Å². The quantitative estimate of drug-likeness (QED) is 0.877. The molecule has 6 nitrogen and oxygen atoms in total. The number of hydrogen-bond donors (Lipinski definition) is 1. The number of nitrogens with zero attached hydrogens (tertiary/aromatic N) is 3. The number of rotatable bonds is 1. The van der Waals surface area contributed by atoms with Crippen LogP contribution in [-0.2, 0) is 31.2 Å². The molecule has 0 saturated heterocycles. The van der Waals surface area contributed by atoms with Crippen molar-refractivity contribution in [2.24, 2.45) is 0 Å². The van der Waals surface area contributed by atoms with E-state index in [1.165, 1.54) is 0 Å². The number of aromatic amines is 1. The van der Waals surface area contributed by atoms with Crippen molar-refractivity contribution in [3.8, 4) is 0 Å². The Morgan fingerprint density at radius 1 is 1.26 bits per heavy atom. The van der Waals surface area contributed by atoms with E-state index < -0.39 is 0 Å². The van der Waals surface area contributed by atoms with Gasteiger partial charge in [0.15, 0.2) is 11.6 Å². The first-order chi connectivity index (χ1) is 10.9. The fourth-order valence-corrected chi connectivity index (χ4v) is 3.34. The number of carbonyl (C=O) groups excluding carboxylic acids is 1. The molecule has 1 N–H and O–H groups in total. The number of aromatic nitrogens is 3. The number of hydrogen-bond acceptors (Lipinski definition) is 4. The van der Waals surface area contributed by atoms with Crippen LogP contribution < -0.4 is 0 Å². The first kappa shape index (κ1) is 14.5. The van der Waals surface area contributed by atoms with Gasteiger partial charge in [-0.25, -0.2) is 4.98 Å². The monoisotopic (exact) mass is 314 g/mol. The molecular weight excluding hydrogens is 292 g/mol. The summed E-state index contributed by atoms with van der Waals surface area (Å²) in [4.78, 5) is 19.3. The minimum atomic E-state index is -0.116. The van der Waals surface area contributed by atoms with Crippen molar-refractivity contribution >= 4 is 5.91 Å². The first-order valence-corrected chi connectivity index (χ1v) is 8.28. The Morgan fingerprint density at radius 2 is 2.09 bits per heavy atom. The number of amides is 1. The van der Waals surface area contributed by atoms with Crippen LogP contribution in [0.3, 0.4) is 0 Å². The van der Waals surface area contributed by atoms with Gasteiger partial charge in [0.2, 0.25) is 0 Å². The van der Waals surface area contributed by atoms with Crippen molar-refractivity contribution in [1.82, 2.24) is 20.1 Å². The van der Waals surface area contributed by atoms with Crippen molar-refractivity contribution in [3.63, 3.8) is 0 Å². The van der Waals surface area contributed by atoms with Gasteiger partial charge in [-0.05, 0) is 19.3 Å². The van der Waals surface area contributed by atoms with Gasteiger partial charge in [-0.15, -0.1) is 0 Å². The van der Waals surface area contributed by atoms with Gasteiger partial charge in [0.05, 0.1) is 6.54 Å². The van der Waals surface area contributed by atoms with Gasteiger partial charge in [-0.1, -0.05) is 20.8 Å². The van der Waals surface area contributed by atoms with E-state index in [-0.39, 0.29) is 11.3 Å². The van der Waals surface area contributed by atoms with Crippen molar-refractivity contribution < 1.29 is 9.21 Å². The molecular formula is C17H22N4O2. The number of carbonyl (C=O) groups is 1. The summed E-state index contributed by atoms with van der Waals surface area (Å²) in [6.07, 6.45) is 3.77. The van der Waals surface area contributed by atoms with Crippen LogP contribution in [0.4, 0.5) is 0 Å². The molecule has 0 aromatic carbocycles. The van der Waals surface area contributed by atoms with Crippen molar-refractivity contribution in [3.05, 3.63) is 34.3 Å². The topological polar surface area (TPSA) is 75.0 Å². The molecule has 2 aromatic rings. The Kier molecular flexibility index (Phi) is 3.11. The third-order valence-corrected chi connectivity index (χ3v) is 4.67. The predicted molar refractivity (Wildman–Crippen MR) is 84.3 cm³/mol. The highest BCUT2D eigenvalue weighted by molar-refractivity contribution is 5.94. The lowest BCUT2D eigenvalue weighted by Crippen LogP contribution is -2.36. The zero-order valence-corrected chi connectivity index (χ0v) is 13.9. The molecule has 0 unspecified atom stereocenters. The van der Waals surface area contributed by atoms with Gasteiger partial charge in [0.1, 0.15) is 11.5 Å². The largest absolute Gasteiger partial charge is 0.445 e. The summed E-state index contributed by atoms with van der Waals surface area (Å²) >= 11 is 0. The maximum Gasteiger partial charge on any atom is 0.275 e. The smallest absolute Gasteiger partial charge is 0.275 e. The highest BCUT2D eigenvalue weighted by Gasteiger charge is 2.32. The van der Waals surface area contributed by atoms with Gasteiger partial charge in [0.25, 0.3) is 5.91 Å². The molecule has 0 saturated carbocycles. The van der Waals surface area contributed by atoms with E-state index in [2.05, 4.69) is 36.0 Å². The van der Waals surface area contributed by atoms with Crippen LogP contribution in [0.2, 0.25) is 0 Å². The Labute approximate surface area is 135 Å². The third kappa shape index (κ3) is 2.36. The van der Waals surface area contributed by atoms with E-state index in [0.29, 0.717) is 18.8 Å². The molecule has 2 aromatic heterocycles. The number of nitrogens with one attached hydrogen (secondary N) is 1. The average molecular weight is 314 g/mol. The lowest BCUT2D eigenvalue weighted by Gasteiger charge is -2.24. The summed E-state index contributed by atoms with van der Waals surface area (Å²) < 4.78 is 5.89. The van der Waals surface area contributed by atoms with E-state index in [0.717, 1.165) is 54.3 Å². The SMILES string of the molecule is CC(C)(C)c1nc2c(o1)CCN(C(=O)c1n[nH]c3c1CCC3)C2. The van der Waals surface area contributed by atoms with Gasteiger partial charge in [-0.3, -0.25) is 9.89 Å². The number of oxazole rings is 1. The molecule has 3 heterocycles. The van der Waals surface area contributed by atoms with Gasteiger partial charge < -0.3 is 9.32 Å². The second-order valence-electron chi connectivity index (χ2n) is 7.50. The molecule has 1 aliphatic carbocycles. The Bertz CT molecular complexity index is 766. The summed E-state index contributed by atoms with van der Waals surface area (Å²) in [5, 5.41) is 7.27. The molecule has 0 atom stereocenters. The van der Waals surface area contributed by atoms with Crippen molar-refractivity contribution in [2.75, 3.05) is 6.54 Å². The fraction of sp³-hybridized carbons (Fsp3) is 0.588. The Morgan fingerprint density at radius 3 is 2.87 bits per heavy atom. The lowest BCUT2D eigenvalue weighted by atomic mass is 9.97. The number of aryl methyl sites for hydroxylation is 1. The predicted octanol–water partition coefficient (Wildman–Crippen LogP) is 2.38. The van der Waals surface area contributed by atoms with E-state index in [1.54, 1.807) is 0 Å². The van der Waals surface area contributed by atoms with Gasteiger partial charge in [0, 0.05) is 29.6 Å². The van der Waals surface area contributed by atoms with Crippen LogP contribution >= 0.6 is 0 Å². The molecule has 4 rings (SSSR count). The molecule has 0 fully saturated rings. The summed E-state index contributed by atoms with van der Waals surface area (Å²) in [5.74, 6) is 1.68. The number of H-pyrrole nitrogens is 1. The lowest BCUT2D eigenvalue weighted by molar-refractivity contribution is 0.0720. The van der Waals surface area contributed by atoms with Crippen molar-refractivity contribution in [2.45, 2.75) is 58.4 Å². The minimum absolute atomic E-state index is 0.00959. The van der Waals surface area contributed by atoms with E-state index >= 15 is 0 Å². The van der Waals surface area contributed by atoms with Crippen LogP contribution in [0, 0.1) is 0 Å². The van der Waals surface area contributed by atoms with Crippen molar-refractivity contribution in [1.29, 1.82) is 0 Å². The standard InChI is InChI=1S/C17H22N4O2/c1-17(2,3)16-18-12-9-21(8-7-13(12)23-16)15(22)14-10-5-4-6-11(10)19-20-14/h4-9H2,1-3H3,(H,19,20). The molecule has 1 aliphatic heterocycles. The molecule has 1 amide bonds. The summed E-state index contributed by atoms with van der Waals surface area (Å²) in [7, 11) is 0. The van der Waals surface area contributed by atoms with Crippen LogP contribution in [0.15, 0.2) is 4.42 Å². The summed E-state index contributed by atoms with van der Waals surface area (Å²) in [6.45, 7) is 7.42. The van der Waals surface area contributed by atoms with Crippen LogP contribution in [-0.4, -0.2) is 32.5 Å². The minimum Gasteiger partial charge on any atom is -0.445 e. The van der Waals surface area contributed by atoms with Crippen LogP contribution in [0.1, 0.15) is 66.3 Å². The van der Waals surface area contributed by atoms with Crippen LogP contribution in [0.25, 0.3) is 0 Å². The normalized spacial score (nSPS) is 17.3. The highest BCUT2D eigenvalue weighted by atomic mass is 16.4. The molecule has 0 radical (unpaired) electrons. The molecule has 0 spiro atoms. The molecule has 0 bridgehead atoms. The van der Waals surface area contributed by atoms with E-state index in [1.807, 2.05) is 4.90 Å². The Balaban J connectivity index is 1.58. The fourth-order valence-electron chi connectivity index (χ4n) is 3.34. The van der Waals surface area contributed by atoms with E-state index in [9.17, 15) is 4.79 Å². The third-order valence-electron chi connectivity index (χ3n) is 4.67. The molecule has 23 heavy (non-hydrogen) atoms. The molecule has 6 heteroatoms. The first-order valence-electron chi connectivity index (χ1n) is 8.28. The Hall–Kier alpha value is -2.11. The molecule has 2 aliphatic rings.